The smallest absolute Gasteiger partial charge is 0.310 e. The summed E-state index contributed by atoms with van der Waals surface area (Å²) in [6.45, 7) is 0. The fourth-order valence-corrected chi connectivity index (χ4v) is 1.10. The number of hydrogen-bond donors (Lipinski definition) is 0. The minimum Gasteiger partial charge on any atom is -0.490 e. The van der Waals surface area contributed by atoms with Gasteiger partial charge in [0.2, 0.25) is 0 Å². The molecule has 0 heterocycles. The van der Waals surface area contributed by atoms with Crippen molar-refractivity contribution in [3.8, 4) is 18.1 Å². The quantitative estimate of drug-likeness (QED) is 0.415. The lowest BCUT2D eigenvalue weighted by molar-refractivity contribution is -0.385. The minimum absolute atomic E-state index is 0.0479. The second kappa shape index (κ2) is 4.28. The average Bonchev–Trinajstić information content (AvgIpc) is 2.17. The third kappa shape index (κ3) is 2.02. The number of terminal acetylenes is 1. The molecule has 0 unspecified atom stereocenters. The van der Waals surface area contributed by atoms with Crippen molar-refractivity contribution in [1.29, 1.82) is 0 Å². The monoisotopic (exact) mass is 191 g/mol. The molecule has 0 radical (unpaired) electrons. The van der Waals surface area contributed by atoms with Crippen LogP contribution in [0.5, 0.6) is 5.75 Å². The molecule has 1 aromatic rings. The lowest BCUT2D eigenvalue weighted by Crippen LogP contribution is -1.94. The Kier molecular flexibility index (Phi) is 3.08. The summed E-state index contributed by atoms with van der Waals surface area (Å²) in [5.74, 6) is 2.70. The predicted molar refractivity (Wildman–Crippen MR) is 52.2 cm³/mol. The van der Waals surface area contributed by atoms with Gasteiger partial charge in [0.1, 0.15) is 0 Å². The summed E-state index contributed by atoms with van der Waals surface area (Å²) in [5.41, 5.74) is 0.781. The van der Waals surface area contributed by atoms with Crippen molar-refractivity contribution < 1.29 is 9.66 Å². The third-order valence-corrected chi connectivity index (χ3v) is 1.75. The lowest BCUT2D eigenvalue weighted by Gasteiger charge is -2.02. The topological polar surface area (TPSA) is 52.4 Å². The highest BCUT2D eigenvalue weighted by Gasteiger charge is 2.13. The molecular formula is C10H9NO3. The maximum atomic E-state index is 10.5. The van der Waals surface area contributed by atoms with Gasteiger partial charge in [-0.05, 0) is 11.6 Å². The molecule has 0 spiro atoms. The van der Waals surface area contributed by atoms with E-state index in [4.69, 9.17) is 11.2 Å². The molecule has 0 N–H and O–H groups in total. The maximum Gasteiger partial charge on any atom is 0.310 e. The number of nitro benzene ring substituents is 1. The molecule has 0 aromatic heterocycles. The molecule has 4 nitrogen and oxygen atoms in total. The van der Waals surface area contributed by atoms with Crippen LogP contribution in [-0.2, 0) is 6.42 Å². The van der Waals surface area contributed by atoms with Gasteiger partial charge in [0, 0.05) is 12.5 Å². The molecule has 1 aromatic carbocycles. The lowest BCUT2D eigenvalue weighted by atomic mass is 10.1. The number of methoxy groups -OCH3 is 1. The Hall–Kier alpha value is -2.02. The van der Waals surface area contributed by atoms with Crippen LogP contribution in [0.4, 0.5) is 5.69 Å². The van der Waals surface area contributed by atoms with E-state index in [9.17, 15) is 10.1 Å². The number of benzene rings is 1. The molecule has 0 aliphatic heterocycles. The second-order valence-electron chi connectivity index (χ2n) is 2.64. The molecule has 0 fully saturated rings. The van der Waals surface area contributed by atoms with Crippen molar-refractivity contribution in [1.82, 2.24) is 0 Å². The molecule has 0 aliphatic carbocycles. The van der Waals surface area contributed by atoms with E-state index in [0.717, 1.165) is 5.56 Å². The van der Waals surface area contributed by atoms with E-state index in [1.165, 1.54) is 13.2 Å². The van der Waals surface area contributed by atoms with Crippen molar-refractivity contribution in [2.24, 2.45) is 0 Å². The first kappa shape index (κ1) is 10.1. The molecule has 1 rings (SSSR count). The van der Waals surface area contributed by atoms with Gasteiger partial charge in [0.15, 0.2) is 5.75 Å². The van der Waals surface area contributed by atoms with Crippen molar-refractivity contribution in [3.05, 3.63) is 33.9 Å². The summed E-state index contributed by atoms with van der Waals surface area (Å²) in [4.78, 5) is 10.0. The van der Waals surface area contributed by atoms with Gasteiger partial charge in [-0.25, -0.2) is 0 Å². The normalized spacial score (nSPS) is 9.14. The van der Waals surface area contributed by atoms with Gasteiger partial charge < -0.3 is 4.74 Å². The fourth-order valence-electron chi connectivity index (χ4n) is 1.10. The summed E-state index contributed by atoms with van der Waals surface area (Å²) in [6.07, 6.45) is 5.56. The fraction of sp³-hybridized carbons (Fsp3) is 0.200. The molecular weight excluding hydrogens is 182 g/mol. The molecule has 0 saturated heterocycles. The molecule has 0 aliphatic rings. The SMILES string of the molecule is C#CCc1ccc([N+](=O)[O-])c(OC)c1. The minimum atomic E-state index is -0.488. The van der Waals surface area contributed by atoms with Crippen LogP contribution in [0.3, 0.4) is 0 Å². The average molecular weight is 191 g/mol. The number of rotatable bonds is 3. The molecule has 0 amide bonds. The van der Waals surface area contributed by atoms with Crippen molar-refractivity contribution in [3.63, 3.8) is 0 Å². The number of nitrogens with zero attached hydrogens (tertiary/aromatic N) is 1. The van der Waals surface area contributed by atoms with Crippen molar-refractivity contribution >= 4 is 5.69 Å². The van der Waals surface area contributed by atoms with Gasteiger partial charge in [-0.1, -0.05) is 6.07 Å². The Balaban J connectivity index is 3.12. The second-order valence-corrected chi connectivity index (χ2v) is 2.64. The van der Waals surface area contributed by atoms with E-state index in [1.807, 2.05) is 0 Å². The van der Waals surface area contributed by atoms with Crippen LogP contribution in [0.15, 0.2) is 18.2 Å². The highest BCUT2D eigenvalue weighted by molar-refractivity contribution is 5.48. The van der Waals surface area contributed by atoms with E-state index in [-0.39, 0.29) is 11.4 Å². The van der Waals surface area contributed by atoms with E-state index in [1.54, 1.807) is 12.1 Å². The Morgan fingerprint density at radius 2 is 2.36 bits per heavy atom. The first-order chi connectivity index (χ1) is 6.69. The van der Waals surface area contributed by atoms with Gasteiger partial charge in [0.05, 0.1) is 12.0 Å². The number of hydrogen-bond acceptors (Lipinski definition) is 3. The zero-order valence-corrected chi connectivity index (χ0v) is 7.69. The van der Waals surface area contributed by atoms with Crippen LogP contribution >= 0.6 is 0 Å². The van der Waals surface area contributed by atoms with Crippen LogP contribution in [0, 0.1) is 22.5 Å². The molecule has 0 saturated carbocycles. The van der Waals surface area contributed by atoms with Crippen molar-refractivity contribution in [2.45, 2.75) is 6.42 Å². The number of nitro groups is 1. The summed E-state index contributed by atoms with van der Waals surface area (Å²) < 4.78 is 4.88. The maximum absolute atomic E-state index is 10.5. The van der Waals surface area contributed by atoms with E-state index in [2.05, 4.69) is 5.92 Å². The van der Waals surface area contributed by atoms with Gasteiger partial charge >= 0.3 is 5.69 Å². The molecule has 72 valence electrons. The van der Waals surface area contributed by atoms with E-state index in [0.29, 0.717) is 6.42 Å². The zero-order chi connectivity index (χ0) is 10.6. The largest absolute Gasteiger partial charge is 0.490 e. The Morgan fingerprint density at radius 3 is 2.86 bits per heavy atom. The van der Waals surface area contributed by atoms with Crippen LogP contribution in [-0.4, -0.2) is 12.0 Å². The Bertz CT molecular complexity index is 393. The summed E-state index contributed by atoms with van der Waals surface area (Å²) >= 11 is 0. The predicted octanol–water partition coefficient (Wildman–Crippen LogP) is 1.78. The standard InChI is InChI=1S/C10H9NO3/c1-3-4-8-5-6-9(11(12)13)10(7-8)14-2/h1,5-7H,4H2,2H3. The van der Waals surface area contributed by atoms with E-state index < -0.39 is 4.92 Å². The summed E-state index contributed by atoms with van der Waals surface area (Å²) in [6, 6.07) is 4.60. The zero-order valence-electron chi connectivity index (χ0n) is 7.69. The highest BCUT2D eigenvalue weighted by atomic mass is 16.6. The Labute approximate surface area is 81.7 Å². The highest BCUT2D eigenvalue weighted by Crippen LogP contribution is 2.27. The van der Waals surface area contributed by atoms with Crippen molar-refractivity contribution in [2.75, 3.05) is 7.11 Å². The summed E-state index contributed by atoms with van der Waals surface area (Å²) in [7, 11) is 1.39. The molecule has 0 bridgehead atoms. The van der Waals surface area contributed by atoms with Crippen LogP contribution in [0.25, 0.3) is 0 Å². The van der Waals surface area contributed by atoms with Gasteiger partial charge in [-0.3, -0.25) is 10.1 Å². The molecule has 0 atom stereocenters. The molecule has 4 heteroatoms. The number of ether oxygens (including phenoxy) is 1. The third-order valence-electron chi connectivity index (χ3n) is 1.75. The first-order valence-electron chi connectivity index (χ1n) is 3.93. The van der Waals surface area contributed by atoms with Gasteiger partial charge in [0.25, 0.3) is 0 Å². The first-order valence-corrected chi connectivity index (χ1v) is 3.93. The van der Waals surface area contributed by atoms with Crippen LogP contribution in [0.2, 0.25) is 0 Å². The van der Waals surface area contributed by atoms with E-state index >= 15 is 0 Å². The molecule has 14 heavy (non-hydrogen) atoms. The van der Waals surface area contributed by atoms with Crippen LogP contribution < -0.4 is 4.74 Å². The summed E-state index contributed by atoms with van der Waals surface area (Å²) in [5, 5.41) is 10.5. The van der Waals surface area contributed by atoms with Gasteiger partial charge in [-0.15, -0.1) is 12.3 Å². The van der Waals surface area contributed by atoms with Gasteiger partial charge in [-0.2, -0.15) is 0 Å². The van der Waals surface area contributed by atoms with Crippen LogP contribution in [0.1, 0.15) is 5.56 Å². The Morgan fingerprint density at radius 1 is 1.64 bits per heavy atom.